The van der Waals surface area contributed by atoms with E-state index in [1.165, 1.54) is 4.90 Å². The Morgan fingerprint density at radius 2 is 1.83 bits per heavy atom. The van der Waals surface area contributed by atoms with Gasteiger partial charge in [-0.05, 0) is 24.7 Å². The van der Waals surface area contributed by atoms with E-state index in [1.54, 1.807) is 20.8 Å². The molecule has 1 saturated heterocycles. The summed E-state index contributed by atoms with van der Waals surface area (Å²) in [5, 5.41) is 14.6. The van der Waals surface area contributed by atoms with Crippen molar-refractivity contribution in [3.8, 4) is 0 Å². The molecule has 1 rings (SSSR count). The summed E-state index contributed by atoms with van der Waals surface area (Å²) >= 11 is 4.16. The third kappa shape index (κ3) is 6.60. The number of nitrogens with two attached hydrogens (primary N) is 1. The summed E-state index contributed by atoms with van der Waals surface area (Å²) in [4.78, 5) is 50.8. The molecule has 0 aromatic heterocycles. The SMILES string of the molecule is CCC(C)C(NC(=O)C1CCCN1C(=O)C(CS)NC(=O)C(N)C(C)C)C(=O)O. The van der Waals surface area contributed by atoms with Gasteiger partial charge in [0.05, 0.1) is 6.04 Å². The molecule has 3 amide bonds. The Kier molecular flexibility index (Phi) is 9.91. The molecule has 1 fully saturated rings. The monoisotopic (exact) mass is 430 g/mol. The van der Waals surface area contributed by atoms with E-state index in [1.807, 2.05) is 6.92 Å². The fourth-order valence-corrected chi connectivity index (χ4v) is 3.44. The van der Waals surface area contributed by atoms with Gasteiger partial charge in [-0.3, -0.25) is 14.4 Å². The molecule has 10 heteroatoms. The van der Waals surface area contributed by atoms with E-state index < -0.39 is 47.9 Å². The van der Waals surface area contributed by atoms with Crippen molar-refractivity contribution in [3.63, 3.8) is 0 Å². The molecule has 166 valence electrons. The smallest absolute Gasteiger partial charge is 0.326 e. The number of carboxylic acids is 1. The zero-order chi connectivity index (χ0) is 22.3. The number of thiol groups is 1. The number of carbonyl (C=O) groups is 4. The predicted octanol–water partition coefficient (Wildman–Crippen LogP) is -0.00920. The molecule has 0 spiro atoms. The van der Waals surface area contributed by atoms with Crippen LogP contribution in [0.25, 0.3) is 0 Å². The number of rotatable bonds is 10. The van der Waals surface area contributed by atoms with Crippen LogP contribution < -0.4 is 16.4 Å². The van der Waals surface area contributed by atoms with Crippen molar-refractivity contribution in [3.05, 3.63) is 0 Å². The van der Waals surface area contributed by atoms with E-state index >= 15 is 0 Å². The van der Waals surface area contributed by atoms with Gasteiger partial charge in [0.15, 0.2) is 0 Å². The molecule has 0 bridgehead atoms. The maximum atomic E-state index is 13.0. The highest BCUT2D eigenvalue weighted by atomic mass is 32.1. The lowest BCUT2D eigenvalue weighted by Crippen LogP contribution is -2.58. The Morgan fingerprint density at radius 3 is 2.31 bits per heavy atom. The second kappa shape index (κ2) is 11.4. The van der Waals surface area contributed by atoms with Gasteiger partial charge in [-0.15, -0.1) is 0 Å². The number of carbonyl (C=O) groups excluding carboxylic acids is 3. The topological polar surface area (TPSA) is 142 Å². The van der Waals surface area contributed by atoms with Crippen LogP contribution in [-0.4, -0.2) is 70.2 Å². The van der Waals surface area contributed by atoms with Crippen molar-refractivity contribution in [1.29, 1.82) is 0 Å². The van der Waals surface area contributed by atoms with Crippen molar-refractivity contribution in [1.82, 2.24) is 15.5 Å². The van der Waals surface area contributed by atoms with Crippen molar-refractivity contribution in [2.24, 2.45) is 17.6 Å². The molecule has 0 saturated carbocycles. The average molecular weight is 431 g/mol. The molecule has 1 heterocycles. The first-order valence-electron chi connectivity index (χ1n) is 10.1. The van der Waals surface area contributed by atoms with Crippen LogP contribution in [0.1, 0.15) is 47.0 Å². The number of nitrogens with zero attached hydrogens (tertiary/aromatic N) is 1. The summed E-state index contributed by atoms with van der Waals surface area (Å²) < 4.78 is 0. The minimum atomic E-state index is -1.10. The van der Waals surface area contributed by atoms with Gasteiger partial charge in [-0.25, -0.2) is 4.79 Å². The molecular formula is C19H34N4O5S. The van der Waals surface area contributed by atoms with Gasteiger partial charge < -0.3 is 26.4 Å². The normalized spacial score (nSPS) is 20.7. The van der Waals surface area contributed by atoms with Gasteiger partial charge in [-0.2, -0.15) is 12.6 Å². The zero-order valence-corrected chi connectivity index (χ0v) is 18.4. The van der Waals surface area contributed by atoms with Gasteiger partial charge in [0.25, 0.3) is 0 Å². The number of carboxylic acid groups (broad SMARTS) is 1. The Labute approximate surface area is 177 Å². The fourth-order valence-electron chi connectivity index (χ4n) is 3.19. The highest BCUT2D eigenvalue weighted by molar-refractivity contribution is 7.80. The number of aliphatic carboxylic acids is 1. The average Bonchev–Trinajstić information content (AvgIpc) is 3.17. The molecular weight excluding hydrogens is 396 g/mol. The first-order chi connectivity index (χ1) is 13.5. The van der Waals surface area contributed by atoms with Crippen LogP contribution in [0.4, 0.5) is 0 Å². The highest BCUT2D eigenvalue weighted by Crippen LogP contribution is 2.20. The summed E-state index contributed by atoms with van der Waals surface area (Å²) in [6, 6.07) is -3.45. The highest BCUT2D eigenvalue weighted by Gasteiger charge is 2.39. The van der Waals surface area contributed by atoms with Crippen LogP contribution in [0.3, 0.4) is 0 Å². The van der Waals surface area contributed by atoms with Crippen LogP contribution in [0.15, 0.2) is 0 Å². The van der Waals surface area contributed by atoms with Gasteiger partial charge in [-0.1, -0.05) is 34.1 Å². The first-order valence-corrected chi connectivity index (χ1v) is 10.7. The summed E-state index contributed by atoms with van der Waals surface area (Å²) in [7, 11) is 0. The molecule has 0 radical (unpaired) electrons. The van der Waals surface area contributed by atoms with Gasteiger partial charge in [0, 0.05) is 12.3 Å². The lowest BCUT2D eigenvalue weighted by Gasteiger charge is -2.30. The van der Waals surface area contributed by atoms with Crippen molar-refractivity contribution in [2.75, 3.05) is 12.3 Å². The Hall–Kier alpha value is -1.81. The van der Waals surface area contributed by atoms with E-state index in [-0.39, 0.29) is 17.6 Å². The van der Waals surface area contributed by atoms with Crippen LogP contribution in [-0.2, 0) is 19.2 Å². The standard InChI is InChI=1S/C19H34N4O5S/c1-5-11(4)15(19(27)28)22-16(24)13-7-6-8-23(13)18(26)12(9-29)21-17(25)14(20)10(2)3/h10-15,29H,5-9,20H2,1-4H3,(H,21,25)(H,22,24)(H,27,28). The van der Waals surface area contributed by atoms with Crippen LogP contribution >= 0.6 is 12.6 Å². The fraction of sp³-hybridized carbons (Fsp3) is 0.789. The van der Waals surface area contributed by atoms with Crippen molar-refractivity contribution >= 4 is 36.3 Å². The predicted molar refractivity (Wildman–Crippen MR) is 112 cm³/mol. The Morgan fingerprint density at radius 1 is 1.21 bits per heavy atom. The molecule has 0 aromatic carbocycles. The number of likely N-dealkylation sites (tertiary alicyclic amines) is 1. The van der Waals surface area contributed by atoms with E-state index in [2.05, 4.69) is 23.3 Å². The summed E-state index contributed by atoms with van der Waals surface area (Å²) in [6.07, 6.45) is 1.64. The van der Waals surface area contributed by atoms with Crippen molar-refractivity contribution < 1.29 is 24.3 Å². The zero-order valence-electron chi connectivity index (χ0n) is 17.6. The third-order valence-corrected chi connectivity index (χ3v) is 5.80. The Balaban J connectivity index is 2.87. The maximum absolute atomic E-state index is 13.0. The second-order valence-electron chi connectivity index (χ2n) is 7.91. The van der Waals surface area contributed by atoms with Crippen LogP contribution in [0, 0.1) is 11.8 Å². The number of amides is 3. The largest absolute Gasteiger partial charge is 0.480 e. The van der Waals surface area contributed by atoms with Gasteiger partial charge >= 0.3 is 5.97 Å². The summed E-state index contributed by atoms with van der Waals surface area (Å²) in [5.41, 5.74) is 5.84. The molecule has 9 nitrogen and oxygen atoms in total. The molecule has 1 aliphatic rings. The van der Waals surface area contributed by atoms with E-state index in [4.69, 9.17) is 5.73 Å². The summed E-state index contributed by atoms with van der Waals surface area (Å²) in [5.74, 6) is -2.75. The Bertz CT molecular complexity index is 615. The van der Waals surface area contributed by atoms with Gasteiger partial charge in [0.2, 0.25) is 17.7 Å². The van der Waals surface area contributed by atoms with E-state index in [0.29, 0.717) is 25.8 Å². The molecule has 29 heavy (non-hydrogen) atoms. The van der Waals surface area contributed by atoms with E-state index in [9.17, 15) is 24.3 Å². The quantitative estimate of drug-likeness (QED) is 0.309. The molecule has 5 N–H and O–H groups in total. The number of nitrogens with one attached hydrogen (secondary N) is 2. The van der Waals surface area contributed by atoms with Crippen LogP contribution in [0.5, 0.6) is 0 Å². The first kappa shape index (κ1) is 25.2. The number of hydrogen-bond donors (Lipinski definition) is 5. The lowest BCUT2D eigenvalue weighted by atomic mass is 9.98. The van der Waals surface area contributed by atoms with Crippen LogP contribution in [0.2, 0.25) is 0 Å². The molecule has 1 aliphatic heterocycles. The summed E-state index contributed by atoms with van der Waals surface area (Å²) in [6.45, 7) is 7.56. The molecule has 0 aliphatic carbocycles. The third-order valence-electron chi connectivity index (χ3n) is 5.43. The van der Waals surface area contributed by atoms with Crippen molar-refractivity contribution in [2.45, 2.75) is 71.1 Å². The molecule has 0 aromatic rings. The number of hydrogen-bond acceptors (Lipinski definition) is 6. The maximum Gasteiger partial charge on any atom is 0.326 e. The lowest BCUT2D eigenvalue weighted by molar-refractivity contribution is -0.145. The minimum Gasteiger partial charge on any atom is -0.480 e. The molecule has 5 unspecified atom stereocenters. The minimum absolute atomic E-state index is 0.0604. The second-order valence-corrected chi connectivity index (χ2v) is 8.28. The van der Waals surface area contributed by atoms with E-state index in [0.717, 1.165) is 0 Å². The molecule has 5 atom stereocenters. The van der Waals surface area contributed by atoms with Gasteiger partial charge in [0.1, 0.15) is 18.1 Å².